The highest BCUT2D eigenvalue weighted by Gasteiger charge is 2.36. The van der Waals surface area contributed by atoms with Gasteiger partial charge in [0.05, 0.1) is 11.1 Å². The van der Waals surface area contributed by atoms with Gasteiger partial charge in [0.1, 0.15) is 6.07 Å². The summed E-state index contributed by atoms with van der Waals surface area (Å²) in [6, 6.07) is 4.19. The topological polar surface area (TPSA) is 23.8 Å². The Morgan fingerprint density at radius 1 is 1.36 bits per heavy atom. The van der Waals surface area contributed by atoms with Gasteiger partial charge >= 0.3 is 6.18 Å². The molecule has 0 saturated heterocycles. The van der Waals surface area contributed by atoms with E-state index in [0.29, 0.717) is 0 Å². The molecule has 0 aliphatic carbocycles. The summed E-state index contributed by atoms with van der Waals surface area (Å²) in [5.74, 6) is 0. The van der Waals surface area contributed by atoms with E-state index < -0.39 is 11.7 Å². The lowest BCUT2D eigenvalue weighted by Gasteiger charge is -2.12. The highest BCUT2D eigenvalue weighted by atomic mass is 127. The molecular formula is C8H3F3INS. The first kappa shape index (κ1) is 11.7. The fourth-order valence-electron chi connectivity index (χ4n) is 0.922. The van der Waals surface area contributed by atoms with Crippen LogP contribution in [0, 0.1) is 14.9 Å². The van der Waals surface area contributed by atoms with Crippen LogP contribution in [0.4, 0.5) is 13.2 Å². The van der Waals surface area contributed by atoms with Gasteiger partial charge in [0.2, 0.25) is 0 Å². The molecule has 0 aliphatic heterocycles. The summed E-state index contributed by atoms with van der Waals surface area (Å²) in [5, 5.41) is 8.55. The highest BCUT2D eigenvalue weighted by Crippen LogP contribution is 2.38. The molecule has 1 nitrogen and oxygen atoms in total. The van der Waals surface area contributed by atoms with E-state index in [2.05, 4.69) is 12.6 Å². The number of hydrogen-bond donors (Lipinski definition) is 1. The Bertz CT molecular complexity index is 408. The second kappa shape index (κ2) is 3.98. The summed E-state index contributed by atoms with van der Waals surface area (Å²) < 4.78 is 37.3. The zero-order chi connectivity index (χ0) is 10.9. The Hall–Kier alpha value is -0.420. The first-order chi connectivity index (χ1) is 6.38. The van der Waals surface area contributed by atoms with E-state index in [0.717, 1.165) is 0 Å². The number of nitriles is 1. The van der Waals surface area contributed by atoms with Gasteiger partial charge in [0.15, 0.2) is 0 Å². The summed E-state index contributed by atoms with van der Waals surface area (Å²) in [6.45, 7) is 0. The van der Waals surface area contributed by atoms with Crippen LogP contribution >= 0.6 is 35.2 Å². The summed E-state index contributed by atoms with van der Waals surface area (Å²) >= 11 is 5.21. The first-order valence-electron chi connectivity index (χ1n) is 3.36. The lowest BCUT2D eigenvalue weighted by Crippen LogP contribution is -2.10. The average Bonchev–Trinajstić information content (AvgIpc) is 2.02. The number of benzene rings is 1. The van der Waals surface area contributed by atoms with Gasteiger partial charge in [-0.15, -0.1) is 12.6 Å². The summed E-state index contributed by atoms with van der Waals surface area (Å²) in [4.78, 5) is -0.166. The van der Waals surface area contributed by atoms with E-state index in [1.807, 2.05) is 0 Å². The second-order valence-electron chi connectivity index (χ2n) is 2.43. The molecule has 0 bridgehead atoms. The van der Waals surface area contributed by atoms with Gasteiger partial charge in [-0.3, -0.25) is 0 Å². The summed E-state index contributed by atoms with van der Waals surface area (Å²) in [6.07, 6.45) is -4.47. The molecule has 0 atom stereocenters. The number of hydrogen-bond acceptors (Lipinski definition) is 2. The van der Waals surface area contributed by atoms with Crippen LogP contribution in [0.5, 0.6) is 0 Å². The first-order valence-corrected chi connectivity index (χ1v) is 4.89. The van der Waals surface area contributed by atoms with Crippen LogP contribution in [0.1, 0.15) is 11.1 Å². The van der Waals surface area contributed by atoms with Crippen molar-refractivity contribution in [2.24, 2.45) is 0 Å². The summed E-state index contributed by atoms with van der Waals surface area (Å²) in [7, 11) is 0. The van der Waals surface area contributed by atoms with Gasteiger partial charge in [-0.1, -0.05) is 0 Å². The molecular weight excluding hydrogens is 326 g/mol. The third-order valence-electron chi connectivity index (χ3n) is 1.52. The minimum atomic E-state index is -4.47. The van der Waals surface area contributed by atoms with Crippen molar-refractivity contribution in [3.8, 4) is 6.07 Å². The standard InChI is InChI=1S/C8H3F3INS/c9-8(10,11)6-5(14)2-1-4(3-13)7(6)12/h1-2,14H. The fourth-order valence-corrected chi connectivity index (χ4v) is 2.35. The number of alkyl halides is 3. The van der Waals surface area contributed by atoms with Crippen molar-refractivity contribution in [1.29, 1.82) is 5.26 Å². The maximum absolute atomic E-state index is 12.5. The van der Waals surface area contributed by atoms with E-state index in [1.165, 1.54) is 34.7 Å². The molecule has 1 aromatic rings. The molecule has 0 heterocycles. The molecule has 0 fully saturated rings. The van der Waals surface area contributed by atoms with Crippen LogP contribution in [-0.2, 0) is 6.18 Å². The van der Waals surface area contributed by atoms with E-state index in [9.17, 15) is 13.2 Å². The van der Waals surface area contributed by atoms with E-state index >= 15 is 0 Å². The van der Waals surface area contributed by atoms with Crippen LogP contribution in [0.15, 0.2) is 17.0 Å². The van der Waals surface area contributed by atoms with Gasteiger partial charge in [0, 0.05) is 8.47 Å². The van der Waals surface area contributed by atoms with Gasteiger partial charge in [0.25, 0.3) is 0 Å². The van der Waals surface area contributed by atoms with Gasteiger partial charge < -0.3 is 0 Å². The molecule has 0 aliphatic rings. The molecule has 0 spiro atoms. The van der Waals surface area contributed by atoms with Crippen molar-refractivity contribution in [2.75, 3.05) is 0 Å². The fraction of sp³-hybridized carbons (Fsp3) is 0.125. The smallest absolute Gasteiger partial charge is 0.192 e. The van der Waals surface area contributed by atoms with Gasteiger partial charge in [-0.05, 0) is 34.7 Å². The lowest BCUT2D eigenvalue weighted by molar-refractivity contribution is -0.140. The van der Waals surface area contributed by atoms with Crippen LogP contribution in [0.3, 0.4) is 0 Å². The Balaban J connectivity index is 3.50. The SMILES string of the molecule is N#Cc1ccc(S)c(C(F)(F)F)c1I. The molecule has 14 heavy (non-hydrogen) atoms. The summed E-state index contributed by atoms with van der Waals surface area (Å²) in [5.41, 5.74) is -0.837. The van der Waals surface area contributed by atoms with Crippen LogP contribution < -0.4 is 0 Å². The number of nitrogens with zero attached hydrogens (tertiary/aromatic N) is 1. The number of rotatable bonds is 0. The quantitative estimate of drug-likeness (QED) is 0.572. The predicted molar refractivity (Wildman–Crippen MR) is 56.1 cm³/mol. The molecule has 1 aromatic carbocycles. The van der Waals surface area contributed by atoms with Crippen molar-refractivity contribution in [3.63, 3.8) is 0 Å². The van der Waals surface area contributed by atoms with E-state index in [1.54, 1.807) is 6.07 Å². The lowest BCUT2D eigenvalue weighted by atomic mass is 10.1. The minimum Gasteiger partial charge on any atom is -0.192 e. The van der Waals surface area contributed by atoms with Crippen molar-refractivity contribution >= 4 is 35.2 Å². The average molecular weight is 329 g/mol. The Labute approximate surface area is 97.5 Å². The molecule has 0 unspecified atom stereocenters. The highest BCUT2D eigenvalue weighted by molar-refractivity contribution is 14.1. The maximum atomic E-state index is 12.5. The zero-order valence-electron chi connectivity index (χ0n) is 6.56. The van der Waals surface area contributed by atoms with Crippen molar-refractivity contribution in [2.45, 2.75) is 11.1 Å². The Morgan fingerprint density at radius 2 is 1.93 bits per heavy atom. The molecule has 1 rings (SSSR count). The van der Waals surface area contributed by atoms with Crippen LogP contribution in [0.2, 0.25) is 0 Å². The number of thiol groups is 1. The second-order valence-corrected chi connectivity index (χ2v) is 3.99. The van der Waals surface area contributed by atoms with Crippen molar-refractivity contribution in [3.05, 3.63) is 26.8 Å². The Morgan fingerprint density at radius 3 is 2.36 bits per heavy atom. The van der Waals surface area contributed by atoms with Gasteiger partial charge in [-0.25, -0.2) is 0 Å². The maximum Gasteiger partial charge on any atom is 0.418 e. The van der Waals surface area contributed by atoms with Crippen molar-refractivity contribution in [1.82, 2.24) is 0 Å². The molecule has 0 amide bonds. The molecule has 0 saturated carbocycles. The minimum absolute atomic E-state index is 0.00993. The van der Waals surface area contributed by atoms with Gasteiger partial charge in [-0.2, -0.15) is 18.4 Å². The van der Waals surface area contributed by atoms with Crippen molar-refractivity contribution < 1.29 is 13.2 Å². The molecule has 0 radical (unpaired) electrons. The van der Waals surface area contributed by atoms with Crippen LogP contribution in [-0.4, -0.2) is 0 Å². The zero-order valence-corrected chi connectivity index (χ0v) is 9.61. The van der Waals surface area contributed by atoms with Crippen LogP contribution in [0.25, 0.3) is 0 Å². The van der Waals surface area contributed by atoms with E-state index in [-0.39, 0.29) is 14.0 Å². The third kappa shape index (κ3) is 2.15. The molecule has 74 valence electrons. The van der Waals surface area contributed by atoms with E-state index in [4.69, 9.17) is 5.26 Å². The monoisotopic (exact) mass is 329 g/mol. The number of halogens is 4. The third-order valence-corrected chi connectivity index (χ3v) is 3.02. The largest absolute Gasteiger partial charge is 0.418 e. The molecule has 0 aromatic heterocycles. The molecule has 0 N–H and O–H groups in total. The normalized spacial score (nSPS) is 11.1. The predicted octanol–water partition coefficient (Wildman–Crippen LogP) is 3.47. The molecule has 6 heteroatoms. The Kier molecular flexibility index (Phi) is 3.32.